The number of halogens is 1. The van der Waals surface area contributed by atoms with Gasteiger partial charge in [-0.25, -0.2) is 5.06 Å². The minimum atomic E-state index is -1.82. The Labute approximate surface area is 143 Å². The zero-order valence-corrected chi connectivity index (χ0v) is 17.1. The molecule has 1 rings (SSSR count). The van der Waals surface area contributed by atoms with Crippen LogP contribution in [-0.2, 0) is 15.9 Å². The molecule has 6 heteroatoms. The van der Waals surface area contributed by atoms with Crippen LogP contribution < -0.4 is 0 Å². The summed E-state index contributed by atoms with van der Waals surface area (Å²) < 4.78 is 7.18. The number of hydrogen-bond donors (Lipinski definition) is 0. The molecule has 0 bridgehead atoms. The first-order chi connectivity index (χ1) is 9.99. The first kappa shape index (κ1) is 19.4. The van der Waals surface area contributed by atoms with Gasteiger partial charge in [-0.1, -0.05) is 36.7 Å². The largest absolute Gasteiger partial charge is 0.413 e. The summed E-state index contributed by atoms with van der Waals surface area (Å²) in [7, 11) is 1.24. The summed E-state index contributed by atoms with van der Waals surface area (Å²) in [5.41, 5.74) is 1.56. The smallest absolute Gasteiger partial charge is 0.277 e. The summed E-state index contributed by atoms with van der Waals surface area (Å²) in [5, 5.41) is 1.37. The van der Waals surface area contributed by atoms with Gasteiger partial charge in [-0.2, -0.15) is 0 Å². The third-order valence-electron chi connectivity index (χ3n) is 4.25. The molecule has 0 spiro atoms. The Morgan fingerprint density at radius 2 is 1.91 bits per heavy atom. The number of benzene rings is 1. The normalized spacial score (nSPS) is 12.4. The van der Waals surface area contributed by atoms with Crippen molar-refractivity contribution in [2.75, 3.05) is 14.2 Å². The SMILES string of the molecule is CON(C)C(=O)c1ccc(Br)c(CO[Si](C)(C)C(C)(C)C)c1. The summed E-state index contributed by atoms with van der Waals surface area (Å²) in [6.07, 6.45) is 0. The van der Waals surface area contributed by atoms with E-state index in [0.717, 1.165) is 10.0 Å². The number of hydrogen-bond acceptors (Lipinski definition) is 3. The van der Waals surface area contributed by atoms with E-state index in [-0.39, 0.29) is 10.9 Å². The van der Waals surface area contributed by atoms with Gasteiger partial charge in [0.15, 0.2) is 8.32 Å². The van der Waals surface area contributed by atoms with Gasteiger partial charge in [0.05, 0.1) is 13.7 Å². The standard InChI is InChI=1S/C16H26BrNO3Si/c1-16(2,3)22(6,7)21-11-13-10-12(8-9-14(13)17)15(19)18(4)20-5/h8-10H,11H2,1-7H3. The molecule has 4 nitrogen and oxygen atoms in total. The fourth-order valence-electron chi connectivity index (χ4n) is 1.56. The molecule has 0 N–H and O–H groups in total. The maximum atomic E-state index is 12.2. The Morgan fingerprint density at radius 3 is 2.41 bits per heavy atom. The summed E-state index contributed by atoms with van der Waals surface area (Å²) in [4.78, 5) is 17.1. The molecule has 0 aliphatic heterocycles. The predicted molar refractivity (Wildman–Crippen MR) is 95.2 cm³/mol. The van der Waals surface area contributed by atoms with E-state index in [9.17, 15) is 4.79 Å². The molecule has 22 heavy (non-hydrogen) atoms. The van der Waals surface area contributed by atoms with Crippen LogP contribution in [0, 0.1) is 0 Å². The number of hydroxylamine groups is 2. The Hall–Kier alpha value is -0.693. The van der Waals surface area contributed by atoms with Crippen molar-refractivity contribution in [2.24, 2.45) is 0 Å². The third-order valence-corrected chi connectivity index (χ3v) is 9.50. The lowest BCUT2D eigenvalue weighted by atomic mass is 10.1. The van der Waals surface area contributed by atoms with Gasteiger partial charge in [0, 0.05) is 17.1 Å². The van der Waals surface area contributed by atoms with E-state index in [1.807, 2.05) is 12.1 Å². The molecular formula is C16H26BrNO3Si. The van der Waals surface area contributed by atoms with Crippen molar-refractivity contribution in [1.82, 2.24) is 5.06 Å². The topological polar surface area (TPSA) is 38.8 Å². The Morgan fingerprint density at radius 1 is 1.32 bits per heavy atom. The first-order valence-corrected chi connectivity index (χ1v) is 10.9. The van der Waals surface area contributed by atoms with E-state index in [1.165, 1.54) is 12.2 Å². The number of amides is 1. The van der Waals surface area contributed by atoms with Crippen molar-refractivity contribution >= 4 is 30.2 Å². The fourth-order valence-corrected chi connectivity index (χ4v) is 2.87. The number of carbonyl (C=O) groups excluding carboxylic acids is 1. The number of rotatable bonds is 5. The zero-order valence-electron chi connectivity index (χ0n) is 14.5. The van der Waals surface area contributed by atoms with Crippen molar-refractivity contribution < 1.29 is 14.1 Å². The Bertz CT molecular complexity index is 541. The summed E-state index contributed by atoms with van der Waals surface area (Å²) in [6, 6.07) is 5.51. The molecule has 124 valence electrons. The number of nitrogens with zero attached hydrogens (tertiary/aromatic N) is 1. The van der Waals surface area contributed by atoms with Crippen LogP contribution in [0.25, 0.3) is 0 Å². The molecule has 0 fully saturated rings. The van der Waals surface area contributed by atoms with Crippen LogP contribution >= 0.6 is 15.9 Å². The summed E-state index contributed by atoms with van der Waals surface area (Å²) in [6.45, 7) is 11.6. The van der Waals surface area contributed by atoms with Crippen LogP contribution in [0.4, 0.5) is 0 Å². The molecule has 0 aliphatic carbocycles. The van der Waals surface area contributed by atoms with Crippen molar-refractivity contribution in [3.63, 3.8) is 0 Å². The van der Waals surface area contributed by atoms with E-state index in [1.54, 1.807) is 13.1 Å². The van der Waals surface area contributed by atoms with Crippen LogP contribution in [0.3, 0.4) is 0 Å². The van der Waals surface area contributed by atoms with E-state index >= 15 is 0 Å². The average Bonchev–Trinajstić information content (AvgIpc) is 2.43. The van der Waals surface area contributed by atoms with Crippen molar-refractivity contribution in [3.8, 4) is 0 Å². The van der Waals surface area contributed by atoms with Crippen molar-refractivity contribution in [1.29, 1.82) is 0 Å². The first-order valence-electron chi connectivity index (χ1n) is 7.24. The van der Waals surface area contributed by atoms with Crippen LogP contribution in [0.5, 0.6) is 0 Å². The number of carbonyl (C=O) groups is 1. The summed E-state index contributed by atoms with van der Waals surface area (Å²) in [5.74, 6) is -0.177. The molecule has 1 aromatic rings. The van der Waals surface area contributed by atoms with Gasteiger partial charge in [-0.3, -0.25) is 9.63 Å². The molecule has 0 atom stereocenters. The van der Waals surface area contributed by atoms with E-state index in [2.05, 4.69) is 49.8 Å². The molecular weight excluding hydrogens is 362 g/mol. The van der Waals surface area contributed by atoms with Crippen molar-refractivity contribution in [3.05, 3.63) is 33.8 Å². The minimum absolute atomic E-state index is 0.156. The van der Waals surface area contributed by atoms with Crippen LogP contribution in [-0.4, -0.2) is 33.4 Å². The maximum absolute atomic E-state index is 12.2. The third kappa shape index (κ3) is 4.65. The highest BCUT2D eigenvalue weighted by Crippen LogP contribution is 2.37. The average molecular weight is 388 g/mol. The predicted octanol–water partition coefficient (Wildman–Crippen LogP) is 4.60. The quantitative estimate of drug-likeness (QED) is 0.546. The van der Waals surface area contributed by atoms with Gasteiger partial charge in [0.1, 0.15) is 0 Å². The molecule has 0 saturated heterocycles. The van der Waals surface area contributed by atoms with Crippen LogP contribution in [0.15, 0.2) is 22.7 Å². The van der Waals surface area contributed by atoms with E-state index in [0.29, 0.717) is 12.2 Å². The highest BCUT2D eigenvalue weighted by Gasteiger charge is 2.37. The Balaban J connectivity index is 2.95. The second kappa shape index (κ2) is 7.25. The summed E-state index contributed by atoms with van der Waals surface area (Å²) >= 11 is 3.53. The fraction of sp³-hybridized carbons (Fsp3) is 0.562. The second-order valence-corrected chi connectivity index (χ2v) is 12.5. The monoisotopic (exact) mass is 387 g/mol. The zero-order chi connectivity index (χ0) is 17.1. The lowest BCUT2D eigenvalue weighted by Crippen LogP contribution is -2.40. The Kier molecular flexibility index (Phi) is 6.38. The van der Waals surface area contributed by atoms with Gasteiger partial charge in [-0.05, 0) is 41.9 Å². The van der Waals surface area contributed by atoms with Gasteiger partial charge in [-0.15, -0.1) is 0 Å². The molecule has 0 aliphatic rings. The molecule has 0 aromatic heterocycles. The van der Waals surface area contributed by atoms with E-state index in [4.69, 9.17) is 9.26 Å². The molecule has 0 heterocycles. The molecule has 0 unspecified atom stereocenters. The maximum Gasteiger partial charge on any atom is 0.277 e. The molecule has 1 aromatic carbocycles. The van der Waals surface area contributed by atoms with Crippen molar-refractivity contribution in [2.45, 2.75) is 45.5 Å². The molecule has 0 radical (unpaired) electrons. The van der Waals surface area contributed by atoms with Gasteiger partial charge in [0.25, 0.3) is 5.91 Å². The second-order valence-electron chi connectivity index (χ2n) is 6.84. The lowest BCUT2D eigenvalue weighted by Gasteiger charge is -2.36. The van der Waals surface area contributed by atoms with Crippen LogP contribution in [0.1, 0.15) is 36.7 Å². The van der Waals surface area contributed by atoms with Gasteiger partial charge >= 0.3 is 0 Å². The highest BCUT2D eigenvalue weighted by atomic mass is 79.9. The van der Waals surface area contributed by atoms with Crippen LogP contribution in [0.2, 0.25) is 18.1 Å². The lowest BCUT2D eigenvalue weighted by molar-refractivity contribution is -0.0757. The van der Waals surface area contributed by atoms with Gasteiger partial charge < -0.3 is 4.43 Å². The molecule has 1 amide bonds. The van der Waals surface area contributed by atoms with E-state index < -0.39 is 8.32 Å². The minimum Gasteiger partial charge on any atom is -0.413 e. The highest BCUT2D eigenvalue weighted by molar-refractivity contribution is 9.10. The van der Waals surface area contributed by atoms with Gasteiger partial charge in [0.2, 0.25) is 0 Å². The molecule has 0 saturated carbocycles.